The number of para-hydroxylation sites is 1. The van der Waals surface area contributed by atoms with Gasteiger partial charge in [0, 0.05) is 11.9 Å². The van der Waals surface area contributed by atoms with Crippen LogP contribution in [0.1, 0.15) is 18.4 Å². The Bertz CT molecular complexity index is 1010. The third-order valence-electron chi connectivity index (χ3n) is 4.40. The van der Waals surface area contributed by atoms with E-state index in [1.54, 1.807) is 17.7 Å². The Morgan fingerprint density at radius 2 is 1.69 bits per heavy atom. The van der Waals surface area contributed by atoms with E-state index < -0.39 is 0 Å². The lowest BCUT2D eigenvalue weighted by Gasteiger charge is -2.14. The van der Waals surface area contributed by atoms with Gasteiger partial charge in [-0.25, -0.2) is 4.79 Å². The summed E-state index contributed by atoms with van der Waals surface area (Å²) in [7, 11) is 1.61. The van der Waals surface area contributed by atoms with Gasteiger partial charge < -0.3 is 4.74 Å². The fraction of sp³-hybridized carbons (Fsp3) is 0.300. The topological polar surface area (TPSA) is 53.2 Å². The molecule has 3 rings (SSSR count). The molecule has 5 nitrogen and oxygen atoms in total. The Morgan fingerprint density at radius 1 is 0.962 bits per heavy atom. The highest BCUT2D eigenvalue weighted by Gasteiger charge is 2.13. The predicted molar refractivity (Wildman–Crippen MR) is 108 cm³/mol. The molecule has 3 aromatic rings. The van der Waals surface area contributed by atoms with Gasteiger partial charge in [0.15, 0.2) is 0 Å². The van der Waals surface area contributed by atoms with Gasteiger partial charge in [-0.2, -0.15) is 0 Å². The second-order valence-corrected chi connectivity index (χ2v) is 6.88. The van der Waals surface area contributed by atoms with Crippen molar-refractivity contribution in [3.63, 3.8) is 0 Å². The predicted octanol–water partition coefficient (Wildman–Crippen LogP) is 3.40. The Kier molecular flexibility index (Phi) is 5.93. The average molecular weight is 417 g/mol. The molecular formula is C20H21BrN2O3. The summed E-state index contributed by atoms with van der Waals surface area (Å²) in [6.07, 6.45) is 1.84. The fourth-order valence-corrected chi connectivity index (χ4v) is 3.40. The quantitative estimate of drug-likeness (QED) is 0.438. The summed E-state index contributed by atoms with van der Waals surface area (Å²) >= 11 is 3.42. The van der Waals surface area contributed by atoms with Crippen molar-refractivity contribution in [3.05, 3.63) is 74.9 Å². The van der Waals surface area contributed by atoms with E-state index in [0.29, 0.717) is 17.4 Å². The number of halogens is 1. The van der Waals surface area contributed by atoms with E-state index >= 15 is 0 Å². The number of fused-ring (bicyclic) bond motifs is 1. The minimum absolute atomic E-state index is 0.241. The van der Waals surface area contributed by atoms with Crippen LogP contribution in [0.3, 0.4) is 0 Å². The lowest BCUT2D eigenvalue weighted by molar-refractivity contribution is 0.414. The highest BCUT2D eigenvalue weighted by molar-refractivity contribution is 9.09. The largest absolute Gasteiger partial charge is 0.497 e. The van der Waals surface area contributed by atoms with E-state index in [-0.39, 0.29) is 17.8 Å². The number of aryl methyl sites for hydroxylation is 1. The molecule has 0 aliphatic rings. The summed E-state index contributed by atoms with van der Waals surface area (Å²) in [6, 6.07) is 14.7. The van der Waals surface area contributed by atoms with Crippen molar-refractivity contribution in [3.8, 4) is 5.75 Å². The van der Waals surface area contributed by atoms with Crippen molar-refractivity contribution in [1.82, 2.24) is 9.13 Å². The summed E-state index contributed by atoms with van der Waals surface area (Å²) in [5.41, 5.74) is 1.06. The Hall–Kier alpha value is -2.34. The molecule has 0 aliphatic heterocycles. The minimum Gasteiger partial charge on any atom is -0.497 e. The van der Waals surface area contributed by atoms with Gasteiger partial charge in [-0.05, 0) is 42.7 Å². The molecule has 0 N–H and O–H groups in total. The van der Waals surface area contributed by atoms with Crippen molar-refractivity contribution in [2.75, 3.05) is 12.4 Å². The molecule has 0 atom stereocenters. The maximum atomic E-state index is 13.0. The fourth-order valence-electron chi connectivity index (χ4n) is 3.00. The third-order valence-corrected chi connectivity index (χ3v) is 4.96. The van der Waals surface area contributed by atoms with E-state index in [1.165, 1.54) is 4.57 Å². The molecule has 1 aromatic heterocycles. The van der Waals surface area contributed by atoms with Gasteiger partial charge in [-0.15, -0.1) is 0 Å². The lowest BCUT2D eigenvalue weighted by Crippen LogP contribution is -2.40. The number of nitrogens with zero attached hydrogens (tertiary/aromatic N) is 2. The first-order valence-corrected chi connectivity index (χ1v) is 9.69. The van der Waals surface area contributed by atoms with Gasteiger partial charge in [0.2, 0.25) is 0 Å². The molecule has 0 amide bonds. The molecule has 26 heavy (non-hydrogen) atoms. The van der Waals surface area contributed by atoms with Gasteiger partial charge >= 0.3 is 5.69 Å². The highest BCUT2D eigenvalue weighted by atomic mass is 79.9. The molecule has 2 aromatic carbocycles. The van der Waals surface area contributed by atoms with Crippen LogP contribution in [0.5, 0.6) is 5.75 Å². The second kappa shape index (κ2) is 8.36. The normalized spacial score (nSPS) is 11.0. The lowest BCUT2D eigenvalue weighted by atomic mass is 10.2. The van der Waals surface area contributed by atoms with Crippen LogP contribution in [0.2, 0.25) is 0 Å². The molecule has 136 valence electrons. The van der Waals surface area contributed by atoms with E-state index in [2.05, 4.69) is 15.9 Å². The van der Waals surface area contributed by atoms with Crippen molar-refractivity contribution in [1.29, 1.82) is 0 Å². The Balaban J connectivity index is 2.08. The summed E-state index contributed by atoms with van der Waals surface area (Å²) in [5.74, 6) is 0.742. The first-order chi connectivity index (χ1) is 12.7. The first kappa shape index (κ1) is 18.5. The van der Waals surface area contributed by atoms with Crippen LogP contribution < -0.4 is 16.0 Å². The third kappa shape index (κ3) is 3.75. The maximum Gasteiger partial charge on any atom is 0.331 e. The molecule has 0 unspecified atom stereocenters. The molecule has 0 aliphatic carbocycles. The monoisotopic (exact) mass is 416 g/mol. The van der Waals surface area contributed by atoms with Crippen molar-refractivity contribution < 1.29 is 4.74 Å². The zero-order chi connectivity index (χ0) is 18.5. The zero-order valence-electron chi connectivity index (χ0n) is 14.7. The summed E-state index contributed by atoms with van der Waals surface area (Å²) < 4.78 is 8.19. The van der Waals surface area contributed by atoms with Crippen LogP contribution in [0.25, 0.3) is 10.9 Å². The van der Waals surface area contributed by atoms with Crippen LogP contribution in [0.15, 0.2) is 58.1 Å². The zero-order valence-corrected chi connectivity index (χ0v) is 16.2. The highest BCUT2D eigenvalue weighted by Crippen LogP contribution is 2.13. The molecule has 0 bridgehead atoms. The van der Waals surface area contributed by atoms with Crippen LogP contribution in [0.4, 0.5) is 0 Å². The van der Waals surface area contributed by atoms with Crippen LogP contribution in [0, 0.1) is 0 Å². The van der Waals surface area contributed by atoms with Gasteiger partial charge in [0.25, 0.3) is 5.56 Å². The summed E-state index contributed by atoms with van der Waals surface area (Å²) in [4.78, 5) is 25.9. The van der Waals surface area contributed by atoms with E-state index in [0.717, 1.165) is 29.5 Å². The number of rotatable bonds is 7. The number of ether oxygens (including phenoxy) is 1. The number of unbranched alkanes of at least 4 members (excludes halogenated alkanes) is 1. The summed E-state index contributed by atoms with van der Waals surface area (Å²) in [6.45, 7) is 0.832. The van der Waals surface area contributed by atoms with Crippen LogP contribution >= 0.6 is 15.9 Å². The van der Waals surface area contributed by atoms with Gasteiger partial charge in [0.05, 0.1) is 24.6 Å². The molecule has 1 heterocycles. The second-order valence-electron chi connectivity index (χ2n) is 6.09. The van der Waals surface area contributed by atoms with E-state index in [4.69, 9.17) is 4.74 Å². The average Bonchev–Trinajstić information content (AvgIpc) is 2.68. The smallest absolute Gasteiger partial charge is 0.331 e. The maximum absolute atomic E-state index is 13.0. The van der Waals surface area contributed by atoms with Gasteiger partial charge in [-0.3, -0.25) is 13.9 Å². The molecule has 0 saturated heterocycles. The number of benzene rings is 2. The summed E-state index contributed by atoms with van der Waals surface area (Å²) in [5, 5.41) is 1.46. The first-order valence-electron chi connectivity index (χ1n) is 8.57. The number of alkyl halides is 1. The SMILES string of the molecule is COc1ccc(Cn2c(=O)c3ccccc3n(CCCCBr)c2=O)cc1. The van der Waals surface area contributed by atoms with Crippen molar-refractivity contribution >= 4 is 26.8 Å². The van der Waals surface area contributed by atoms with Gasteiger partial charge in [0.1, 0.15) is 5.75 Å². The minimum atomic E-state index is -0.265. The molecule has 0 spiro atoms. The van der Waals surface area contributed by atoms with E-state index in [9.17, 15) is 9.59 Å². The number of hydrogen-bond donors (Lipinski definition) is 0. The van der Waals surface area contributed by atoms with Crippen LogP contribution in [-0.2, 0) is 13.1 Å². The van der Waals surface area contributed by atoms with Crippen molar-refractivity contribution in [2.24, 2.45) is 0 Å². The Morgan fingerprint density at radius 3 is 2.38 bits per heavy atom. The number of aromatic nitrogens is 2. The number of methoxy groups -OCH3 is 1. The molecular weight excluding hydrogens is 396 g/mol. The van der Waals surface area contributed by atoms with Crippen molar-refractivity contribution in [2.45, 2.75) is 25.9 Å². The standard InChI is InChI=1S/C20H21BrN2O3/c1-26-16-10-8-15(9-11-16)14-23-19(24)17-6-2-3-7-18(17)22(20(23)25)13-5-4-12-21/h2-3,6-11H,4-5,12-14H2,1H3. The molecule has 0 fully saturated rings. The van der Waals surface area contributed by atoms with Gasteiger partial charge in [-0.1, -0.05) is 40.2 Å². The molecule has 6 heteroatoms. The Labute approximate surface area is 160 Å². The van der Waals surface area contributed by atoms with E-state index in [1.807, 2.05) is 42.5 Å². The number of hydrogen-bond acceptors (Lipinski definition) is 3. The molecule has 0 radical (unpaired) electrons. The molecule has 0 saturated carbocycles. The van der Waals surface area contributed by atoms with Crippen LogP contribution in [-0.4, -0.2) is 21.6 Å².